The summed E-state index contributed by atoms with van der Waals surface area (Å²) in [6.07, 6.45) is 0.905. The van der Waals surface area contributed by atoms with Gasteiger partial charge in [-0.05, 0) is 13.8 Å². The van der Waals surface area contributed by atoms with Gasteiger partial charge in [-0.15, -0.1) is 6.42 Å². The molecular formula is C8H14NOY-. The van der Waals surface area contributed by atoms with Crippen LogP contribution in [0.1, 0.15) is 27.2 Å². The molecule has 1 radical (unpaired) electrons. The summed E-state index contributed by atoms with van der Waals surface area (Å²) in [5.41, 5.74) is 0.0428. The van der Waals surface area contributed by atoms with Crippen LogP contribution in [0.25, 0.3) is 0 Å². The van der Waals surface area contributed by atoms with Crippen LogP contribution < -0.4 is 0 Å². The molecule has 1 aliphatic rings. The molecule has 1 heterocycles. The Balaban J connectivity index is 0.000001000. The molecule has 0 aromatic carbocycles. The third-order valence-corrected chi connectivity index (χ3v) is 2.28. The Bertz CT molecular complexity index is 167. The van der Waals surface area contributed by atoms with Crippen molar-refractivity contribution < 1.29 is 37.5 Å². The second kappa shape index (κ2) is 3.44. The van der Waals surface area contributed by atoms with Crippen LogP contribution in [-0.4, -0.2) is 23.4 Å². The third-order valence-electron chi connectivity index (χ3n) is 2.28. The Kier molecular flexibility index (Phi) is 3.58. The summed E-state index contributed by atoms with van der Waals surface area (Å²) >= 11 is 0. The van der Waals surface area contributed by atoms with E-state index in [1.54, 1.807) is 0 Å². The van der Waals surface area contributed by atoms with Crippen molar-refractivity contribution in [3.63, 3.8) is 0 Å². The smallest absolute Gasteiger partial charge is 0.0877 e. The van der Waals surface area contributed by atoms with Crippen molar-refractivity contribution in [2.24, 2.45) is 0 Å². The first-order valence-electron chi connectivity index (χ1n) is 3.56. The van der Waals surface area contributed by atoms with E-state index in [0.717, 1.165) is 12.3 Å². The fourth-order valence-electron chi connectivity index (χ4n) is 1.40. The van der Waals surface area contributed by atoms with Gasteiger partial charge < -0.3 is 9.69 Å². The maximum Gasteiger partial charge on any atom is 0.0877 e. The van der Waals surface area contributed by atoms with E-state index >= 15 is 0 Å². The van der Waals surface area contributed by atoms with Gasteiger partial charge in [-0.2, -0.15) is 6.92 Å². The fraction of sp³-hybridized carbons (Fsp3) is 0.750. The summed E-state index contributed by atoms with van der Waals surface area (Å²) in [5, 5.41) is 0. The van der Waals surface area contributed by atoms with Crippen LogP contribution >= 0.6 is 0 Å². The first-order chi connectivity index (χ1) is 4.45. The van der Waals surface area contributed by atoms with E-state index in [1.807, 2.05) is 18.9 Å². The zero-order valence-electron chi connectivity index (χ0n) is 7.64. The number of carbonyl (C=O) groups excluding carboxylic acids is 1. The minimum absolute atomic E-state index is 0. The van der Waals surface area contributed by atoms with Crippen LogP contribution in [0.4, 0.5) is 0 Å². The van der Waals surface area contributed by atoms with Crippen LogP contribution in [-0.2, 0) is 37.5 Å². The monoisotopic (exact) mass is 229 g/mol. The molecule has 1 rings (SSSR count). The number of carbonyl (C=O) groups is 1. The minimum Gasteiger partial charge on any atom is -0.367 e. The number of hydrogen-bond donors (Lipinski definition) is 0. The van der Waals surface area contributed by atoms with Gasteiger partial charge in [-0.25, -0.2) is 0 Å². The zero-order valence-corrected chi connectivity index (χ0v) is 10.5. The Hall–Kier alpha value is 0.444. The molecule has 0 unspecified atom stereocenters. The number of rotatable bonds is 0. The molecule has 0 N–H and O–H groups in total. The van der Waals surface area contributed by atoms with Crippen LogP contribution in [0.2, 0.25) is 0 Å². The molecule has 0 atom stereocenters. The van der Waals surface area contributed by atoms with Crippen molar-refractivity contribution >= 4 is 5.91 Å². The van der Waals surface area contributed by atoms with Gasteiger partial charge in [0.25, 0.3) is 0 Å². The van der Waals surface area contributed by atoms with Crippen molar-refractivity contribution in [1.29, 1.82) is 0 Å². The van der Waals surface area contributed by atoms with Crippen LogP contribution in [0, 0.1) is 5.92 Å². The SMILES string of the molecule is C[C-]1CC(C)(C)N(C)C1=O.[Y]. The summed E-state index contributed by atoms with van der Waals surface area (Å²) in [4.78, 5) is 13.0. The first-order valence-corrected chi connectivity index (χ1v) is 3.56. The maximum absolute atomic E-state index is 11.2. The number of likely N-dealkylation sites (tertiary alicyclic amines) is 1. The van der Waals surface area contributed by atoms with Crippen molar-refractivity contribution in [2.75, 3.05) is 7.05 Å². The molecule has 0 aromatic rings. The average Bonchev–Trinajstić information content (AvgIpc) is 1.95. The number of amides is 1. The van der Waals surface area contributed by atoms with Crippen molar-refractivity contribution in [1.82, 2.24) is 4.90 Å². The molecule has 0 spiro atoms. The average molecular weight is 229 g/mol. The van der Waals surface area contributed by atoms with Gasteiger partial charge in [-0.1, -0.05) is 0 Å². The zero-order chi connectivity index (χ0) is 7.94. The van der Waals surface area contributed by atoms with E-state index in [9.17, 15) is 4.79 Å². The summed E-state index contributed by atoms with van der Waals surface area (Å²) in [6.45, 7) is 6.08. The first kappa shape index (κ1) is 11.4. The molecule has 1 saturated heterocycles. The van der Waals surface area contributed by atoms with E-state index in [4.69, 9.17) is 0 Å². The van der Waals surface area contributed by atoms with Crippen molar-refractivity contribution in [2.45, 2.75) is 32.7 Å². The molecule has 1 fully saturated rings. The number of nitrogens with zero attached hydrogens (tertiary/aromatic N) is 1. The Labute approximate surface area is 93.6 Å². The van der Waals surface area contributed by atoms with Crippen LogP contribution in [0.15, 0.2) is 0 Å². The maximum atomic E-state index is 11.2. The van der Waals surface area contributed by atoms with Gasteiger partial charge >= 0.3 is 0 Å². The second-order valence-electron chi connectivity index (χ2n) is 3.63. The van der Waals surface area contributed by atoms with Gasteiger partial charge in [0.2, 0.25) is 0 Å². The van der Waals surface area contributed by atoms with E-state index in [0.29, 0.717) is 0 Å². The van der Waals surface area contributed by atoms with Crippen LogP contribution in [0.3, 0.4) is 0 Å². The molecule has 2 nitrogen and oxygen atoms in total. The standard InChI is InChI=1S/C8H14NO.Y/c1-6-5-8(2,3)9(4)7(6)10;/h5H2,1-4H3;/q-1;. The van der Waals surface area contributed by atoms with Gasteiger partial charge in [0, 0.05) is 45.3 Å². The summed E-state index contributed by atoms with van der Waals surface area (Å²) < 4.78 is 0. The van der Waals surface area contributed by atoms with Gasteiger partial charge in [-0.3, -0.25) is 5.92 Å². The molecule has 61 valence electrons. The van der Waals surface area contributed by atoms with Gasteiger partial charge in [0.1, 0.15) is 0 Å². The Morgan fingerprint density at radius 3 is 2.09 bits per heavy atom. The summed E-state index contributed by atoms with van der Waals surface area (Å²) in [6, 6.07) is 0. The fourth-order valence-corrected chi connectivity index (χ4v) is 1.40. The quantitative estimate of drug-likeness (QED) is 0.572. The predicted molar refractivity (Wildman–Crippen MR) is 40.4 cm³/mol. The molecule has 0 aliphatic carbocycles. The van der Waals surface area contributed by atoms with Crippen molar-refractivity contribution in [3.8, 4) is 0 Å². The topological polar surface area (TPSA) is 20.3 Å². The molecule has 0 saturated carbocycles. The summed E-state index contributed by atoms with van der Waals surface area (Å²) in [7, 11) is 1.86. The Morgan fingerprint density at radius 2 is 2.00 bits per heavy atom. The largest absolute Gasteiger partial charge is 0.367 e. The third kappa shape index (κ3) is 1.97. The minimum atomic E-state index is 0. The molecule has 3 heteroatoms. The molecule has 0 bridgehead atoms. The molecule has 0 aromatic heterocycles. The second-order valence-corrected chi connectivity index (χ2v) is 3.63. The van der Waals surface area contributed by atoms with E-state index in [-0.39, 0.29) is 44.2 Å². The van der Waals surface area contributed by atoms with Gasteiger partial charge in [0.15, 0.2) is 0 Å². The molecular weight excluding hydrogens is 215 g/mol. The number of hydrogen-bond acceptors (Lipinski definition) is 1. The Morgan fingerprint density at radius 1 is 1.55 bits per heavy atom. The van der Waals surface area contributed by atoms with E-state index < -0.39 is 0 Å². The van der Waals surface area contributed by atoms with Gasteiger partial charge in [0.05, 0.1) is 5.91 Å². The molecule has 1 amide bonds. The normalized spacial score (nSPS) is 22.0. The predicted octanol–water partition coefficient (Wildman–Crippen LogP) is 1.22. The molecule has 11 heavy (non-hydrogen) atoms. The van der Waals surface area contributed by atoms with E-state index in [1.165, 1.54) is 0 Å². The molecule has 1 aliphatic heterocycles. The summed E-state index contributed by atoms with van der Waals surface area (Å²) in [5.74, 6) is 1.18. The van der Waals surface area contributed by atoms with E-state index in [2.05, 4.69) is 13.8 Å². The van der Waals surface area contributed by atoms with Crippen molar-refractivity contribution in [3.05, 3.63) is 5.92 Å². The van der Waals surface area contributed by atoms with Crippen LogP contribution in [0.5, 0.6) is 0 Å².